The molecule has 2 fully saturated rings. The van der Waals surface area contributed by atoms with Gasteiger partial charge in [0.15, 0.2) is 0 Å². The van der Waals surface area contributed by atoms with E-state index < -0.39 is 11.5 Å². The maximum atomic E-state index is 12.8. The van der Waals surface area contributed by atoms with Crippen LogP contribution in [0.1, 0.15) is 67.2 Å². The summed E-state index contributed by atoms with van der Waals surface area (Å²) < 4.78 is 11.1. The van der Waals surface area contributed by atoms with Gasteiger partial charge < -0.3 is 9.47 Å². The molecule has 0 bridgehead atoms. The minimum Gasteiger partial charge on any atom is -0.459 e. The second kappa shape index (κ2) is 5.86. The van der Waals surface area contributed by atoms with Crippen LogP contribution in [-0.4, -0.2) is 24.1 Å². The van der Waals surface area contributed by atoms with E-state index in [4.69, 9.17) is 9.47 Å². The molecule has 22 heavy (non-hydrogen) atoms. The summed E-state index contributed by atoms with van der Waals surface area (Å²) in [5, 5.41) is 0. The highest BCUT2D eigenvalue weighted by molar-refractivity contribution is 5.84. The SMILES string of the molecule is CC(C)C(C)(CC(C)(C)C)C(=O)OC1C(=O)OC2CCCC21. The van der Waals surface area contributed by atoms with Crippen LogP contribution in [0.4, 0.5) is 0 Å². The average molecular weight is 310 g/mol. The molecule has 0 aromatic rings. The number of rotatable bonds is 4. The molecule has 1 aliphatic heterocycles. The molecule has 0 radical (unpaired) electrons. The highest BCUT2D eigenvalue weighted by Crippen LogP contribution is 2.43. The average Bonchev–Trinajstić information content (AvgIpc) is 2.90. The number of hydrogen-bond acceptors (Lipinski definition) is 4. The third-order valence-electron chi connectivity index (χ3n) is 5.26. The summed E-state index contributed by atoms with van der Waals surface area (Å²) in [6.07, 6.45) is 2.84. The molecule has 2 rings (SSSR count). The molecule has 4 unspecified atom stereocenters. The summed E-state index contributed by atoms with van der Waals surface area (Å²) in [7, 11) is 0. The molecule has 0 spiro atoms. The van der Waals surface area contributed by atoms with Crippen molar-refractivity contribution in [1.82, 2.24) is 0 Å². The van der Waals surface area contributed by atoms with Crippen molar-refractivity contribution in [3.63, 3.8) is 0 Å². The fraction of sp³-hybridized carbons (Fsp3) is 0.889. The van der Waals surface area contributed by atoms with Crippen molar-refractivity contribution in [2.45, 2.75) is 79.4 Å². The molecule has 0 aromatic carbocycles. The van der Waals surface area contributed by atoms with Crippen LogP contribution in [0.25, 0.3) is 0 Å². The van der Waals surface area contributed by atoms with Gasteiger partial charge in [-0.2, -0.15) is 0 Å². The number of esters is 2. The lowest BCUT2D eigenvalue weighted by Gasteiger charge is -2.37. The van der Waals surface area contributed by atoms with Crippen LogP contribution in [0.5, 0.6) is 0 Å². The zero-order valence-electron chi connectivity index (χ0n) is 14.8. The molecule has 0 N–H and O–H groups in total. The van der Waals surface area contributed by atoms with Crippen LogP contribution in [0.2, 0.25) is 0 Å². The number of fused-ring (bicyclic) bond motifs is 1. The van der Waals surface area contributed by atoms with Gasteiger partial charge in [0, 0.05) is 5.92 Å². The molecule has 4 atom stereocenters. The Labute approximate surface area is 133 Å². The van der Waals surface area contributed by atoms with Crippen LogP contribution < -0.4 is 0 Å². The van der Waals surface area contributed by atoms with Crippen LogP contribution in [0.3, 0.4) is 0 Å². The molecule has 126 valence electrons. The highest BCUT2D eigenvalue weighted by atomic mass is 16.6. The van der Waals surface area contributed by atoms with E-state index >= 15 is 0 Å². The lowest BCUT2D eigenvalue weighted by molar-refractivity contribution is -0.173. The van der Waals surface area contributed by atoms with E-state index in [1.165, 1.54) is 0 Å². The Balaban J connectivity index is 2.13. The van der Waals surface area contributed by atoms with Gasteiger partial charge in [-0.3, -0.25) is 4.79 Å². The van der Waals surface area contributed by atoms with E-state index in [1.807, 2.05) is 20.8 Å². The fourth-order valence-electron chi connectivity index (χ4n) is 3.84. The summed E-state index contributed by atoms with van der Waals surface area (Å²) in [5.41, 5.74) is -0.570. The van der Waals surface area contributed by atoms with E-state index in [0.29, 0.717) is 0 Å². The van der Waals surface area contributed by atoms with Crippen molar-refractivity contribution in [2.24, 2.45) is 22.7 Å². The number of carbonyl (C=O) groups is 2. The van der Waals surface area contributed by atoms with E-state index in [9.17, 15) is 9.59 Å². The first-order chi connectivity index (χ1) is 10.0. The normalized spacial score (nSPS) is 30.9. The molecule has 1 saturated heterocycles. The lowest BCUT2D eigenvalue weighted by Crippen LogP contribution is -2.42. The van der Waals surface area contributed by atoms with Crippen LogP contribution in [0, 0.1) is 22.7 Å². The van der Waals surface area contributed by atoms with E-state index in [1.54, 1.807) is 0 Å². The summed E-state index contributed by atoms with van der Waals surface area (Å²) in [4.78, 5) is 24.9. The van der Waals surface area contributed by atoms with E-state index in [2.05, 4.69) is 20.8 Å². The molecule has 1 heterocycles. The first-order valence-electron chi connectivity index (χ1n) is 8.46. The zero-order valence-corrected chi connectivity index (χ0v) is 14.8. The Bertz CT molecular complexity index is 448. The molecule has 2 aliphatic rings. The summed E-state index contributed by atoms with van der Waals surface area (Å²) >= 11 is 0. The van der Waals surface area contributed by atoms with Crippen molar-refractivity contribution in [2.75, 3.05) is 0 Å². The van der Waals surface area contributed by atoms with Crippen LogP contribution in [0.15, 0.2) is 0 Å². The minimum absolute atomic E-state index is 0.0180. The van der Waals surface area contributed by atoms with Crippen molar-refractivity contribution >= 4 is 11.9 Å². The zero-order chi connectivity index (χ0) is 16.7. The Morgan fingerprint density at radius 2 is 1.91 bits per heavy atom. The van der Waals surface area contributed by atoms with Gasteiger partial charge in [-0.25, -0.2) is 4.79 Å². The third kappa shape index (κ3) is 3.31. The van der Waals surface area contributed by atoms with Crippen molar-refractivity contribution in [3.8, 4) is 0 Å². The van der Waals surface area contributed by atoms with Gasteiger partial charge >= 0.3 is 11.9 Å². The first-order valence-corrected chi connectivity index (χ1v) is 8.46. The summed E-state index contributed by atoms with van der Waals surface area (Å²) in [6.45, 7) is 12.4. The Kier molecular flexibility index (Phi) is 4.61. The lowest BCUT2D eigenvalue weighted by atomic mass is 9.68. The molecule has 1 saturated carbocycles. The van der Waals surface area contributed by atoms with Crippen molar-refractivity contribution in [3.05, 3.63) is 0 Å². The predicted molar refractivity (Wildman–Crippen MR) is 84.1 cm³/mol. The van der Waals surface area contributed by atoms with Gasteiger partial charge in [0.25, 0.3) is 0 Å². The van der Waals surface area contributed by atoms with Crippen LogP contribution in [-0.2, 0) is 19.1 Å². The van der Waals surface area contributed by atoms with Crippen LogP contribution >= 0.6 is 0 Å². The molecule has 0 aromatic heterocycles. The quantitative estimate of drug-likeness (QED) is 0.743. The fourth-order valence-corrected chi connectivity index (χ4v) is 3.84. The summed E-state index contributed by atoms with van der Waals surface area (Å²) in [5.74, 6) is -0.407. The second-order valence-corrected chi connectivity index (χ2v) is 8.71. The minimum atomic E-state index is -0.696. The molecule has 4 heteroatoms. The largest absolute Gasteiger partial charge is 0.459 e. The smallest absolute Gasteiger partial charge is 0.348 e. The van der Waals surface area contributed by atoms with Gasteiger partial charge in [-0.05, 0) is 43.9 Å². The molecule has 4 nitrogen and oxygen atoms in total. The number of hydrogen-bond donors (Lipinski definition) is 0. The van der Waals surface area contributed by atoms with Crippen molar-refractivity contribution < 1.29 is 19.1 Å². The van der Waals surface area contributed by atoms with E-state index in [-0.39, 0.29) is 35.3 Å². The Hall–Kier alpha value is -1.06. The van der Waals surface area contributed by atoms with Gasteiger partial charge in [0.1, 0.15) is 6.10 Å². The van der Waals surface area contributed by atoms with E-state index in [0.717, 1.165) is 25.7 Å². The van der Waals surface area contributed by atoms with Gasteiger partial charge in [0.2, 0.25) is 6.10 Å². The van der Waals surface area contributed by atoms with Gasteiger partial charge in [0.05, 0.1) is 5.41 Å². The number of carbonyl (C=O) groups excluding carboxylic acids is 2. The molecular formula is C18H30O4. The Morgan fingerprint density at radius 3 is 2.45 bits per heavy atom. The molecule has 0 amide bonds. The van der Waals surface area contributed by atoms with Gasteiger partial charge in [-0.1, -0.05) is 34.6 Å². The summed E-state index contributed by atoms with van der Waals surface area (Å²) in [6, 6.07) is 0. The monoisotopic (exact) mass is 310 g/mol. The first kappa shape index (κ1) is 17.3. The predicted octanol–water partition coefficient (Wildman–Crippen LogP) is 3.72. The number of ether oxygens (including phenoxy) is 2. The third-order valence-corrected chi connectivity index (χ3v) is 5.26. The second-order valence-electron chi connectivity index (χ2n) is 8.71. The maximum absolute atomic E-state index is 12.8. The highest BCUT2D eigenvalue weighted by Gasteiger charge is 2.51. The maximum Gasteiger partial charge on any atom is 0.348 e. The van der Waals surface area contributed by atoms with Crippen molar-refractivity contribution in [1.29, 1.82) is 0 Å². The topological polar surface area (TPSA) is 52.6 Å². The Morgan fingerprint density at radius 1 is 1.27 bits per heavy atom. The van der Waals surface area contributed by atoms with Gasteiger partial charge in [-0.15, -0.1) is 0 Å². The molecule has 1 aliphatic carbocycles. The standard InChI is InChI=1S/C18H30O4/c1-11(2)18(6,10-17(3,4)5)16(20)22-14-12-8-7-9-13(12)21-15(14)19/h11-14H,7-10H2,1-6H3. The molecular weight excluding hydrogens is 280 g/mol.